The molecule has 0 aliphatic carbocycles. The van der Waals surface area contributed by atoms with E-state index in [1.54, 1.807) is 0 Å². The Morgan fingerprint density at radius 3 is 2.40 bits per heavy atom. The van der Waals surface area contributed by atoms with Crippen molar-refractivity contribution >= 4 is 31.9 Å². The summed E-state index contributed by atoms with van der Waals surface area (Å²) in [7, 11) is 0. The molecule has 0 saturated carbocycles. The second-order valence-electron chi connectivity index (χ2n) is 3.15. The van der Waals surface area contributed by atoms with E-state index in [4.69, 9.17) is 4.42 Å². The minimum absolute atomic E-state index is 0.593. The lowest BCUT2D eigenvalue weighted by molar-refractivity contribution is 0.550. The third-order valence-electron chi connectivity index (χ3n) is 2.12. The highest BCUT2D eigenvalue weighted by Gasteiger charge is 2.10. The molecule has 0 aliphatic heterocycles. The van der Waals surface area contributed by atoms with Crippen LogP contribution in [0.15, 0.2) is 25.8 Å². The number of nitrogens with zero attached hydrogens (tertiary/aromatic N) is 2. The first kappa shape index (κ1) is 10.8. The monoisotopic (exact) mass is 330 g/mol. The van der Waals surface area contributed by atoms with Crippen LogP contribution in [0.1, 0.15) is 11.3 Å². The van der Waals surface area contributed by atoms with Crippen molar-refractivity contribution in [3.63, 3.8) is 0 Å². The molecule has 0 spiro atoms. The lowest BCUT2D eigenvalue weighted by atomic mass is 10.3. The van der Waals surface area contributed by atoms with E-state index >= 15 is 0 Å². The second-order valence-corrected chi connectivity index (χ2v) is 4.68. The second kappa shape index (κ2) is 4.06. The fraction of sp³-hybridized carbons (Fsp3) is 0.200. The summed E-state index contributed by atoms with van der Waals surface area (Å²) in [5.41, 5.74) is 1.99. The molecule has 0 fully saturated rings. The van der Waals surface area contributed by atoms with Crippen LogP contribution in [0.3, 0.4) is 0 Å². The number of rotatable bonds is 1. The van der Waals surface area contributed by atoms with Crippen molar-refractivity contribution in [3.05, 3.63) is 32.7 Å². The van der Waals surface area contributed by atoms with E-state index in [1.165, 1.54) is 0 Å². The molecule has 0 bridgehead atoms. The predicted molar refractivity (Wildman–Crippen MR) is 64.6 cm³/mol. The van der Waals surface area contributed by atoms with Gasteiger partial charge in [0.2, 0.25) is 0 Å². The van der Waals surface area contributed by atoms with Crippen molar-refractivity contribution in [2.24, 2.45) is 0 Å². The van der Waals surface area contributed by atoms with Gasteiger partial charge in [0.15, 0.2) is 16.3 Å². The van der Waals surface area contributed by atoms with Crippen LogP contribution < -0.4 is 0 Å². The molecule has 3 nitrogen and oxygen atoms in total. The van der Waals surface area contributed by atoms with Crippen molar-refractivity contribution in [2.45, 2.75) is 13.8 Å². The Morgan fingerprint density at radius 1 is 1.13 bits per heavy atom. The first-order chi connectivity index (χ1) is 7.08. The summed E-state index contributed by atoms with van der Waals surface area (Å²) < 4.78 is 6.87. The van der Waals surface area contributed by atoms with E-state index < -0.39 is 0 Å². The summed E-state index contributed by atoms with van der Waals surface area (Å²) in [5, 5.41) is 0. The third kappa shape index (κ3) is 2.13. The molecule has 0 aliphatic rings. The first-order valence-electron chi connectivity index (χ1n) is 4.34. The molecule has 2 heterocycles. The summed E-state index contributed by atoms with van der Waals surface area (Å²) in [5.74, 6) is 1.25. The van der Waals surface area contributed by atoms with E-state index in [-0.39, 0.29) is 0 Å². The van der Waals surface area contributed by atoms with Gasteiger partial charge < -0.3 is 4.42 Å². The number of furan rings is 1. The van der Waals surface area contributed by atoms with E-state index in [9.17, 15) is 0 Å². The number of hydrogen-bond acceptors (Lipinski definition) is 3. The van der Waals surface area contributed by atoms with Gasteiger partial charge in [-0.05, 0) is 57.8 Å². The Kier molecular flexibility index (Phi) is 2.93. The van der Waals surface area contributed by atoms with Crippen LogP contribution in [0.5, 0.6) is 0 Å². The van der Waals surface area contributed by atoms with Gasteiger partial charge in [-0.2, -0.15) is 0 Å². The van der Waals surface area contributed by atoms with Gasteiger partial charge >= 0.3 is 0 Å². The average molecular weight is 332 g/mol. The van der Waals surface area contributed by atoms with Crippen LogP contribution in [0.4, 0.5) is 0 Å². The van der Waals surface area contributed by atoms with Gasteiger partial charge in [0.25, 0.3) is 0 Å². The van der Waals surface area contributed by atoms with E-state index in [0.717, 1.165) is 15.9 Å². The smallest absolute Gasteiger partial charge is 0.197 e. The molecule has 0 N–H and O–H groups in total. The largest absolute Gasteiger partial charge is 0.446 e. The Labute approximate surface area is 104 Å². The minimum atomic E-state index is 0.593. The van der Waals surface area contributed by atoms with E-state index in [1.807, 2.05) is 26.0 Å². The molecular weight excluding hydrogens is 324 g/mol. The van der Waals surface area contributed by atoms with Crippen molar-refractivity contribution in [2.75, 3.05) is 0 Å². The molecule has 0 unspecified atom stereocenters. The third-order valence-corrected chi connectivity index (χ3v) is 3.32. The van der Waals surface area contributed by atoms with Crippen molar-refractivity contribution in [1.82, 2.24) is 9.97 Å². The standard InChI is InChI=1S/C10H8Br2N2O/c1-5-6(2)13-10(14-9(5)12)7-3-4-8(11)15-7/h3-4H,1-2H3. The number of hydrogen-bond donors (Lipinski definition) is 0. The summed E-state index contributed by atoms with van der Waals surface area (Å²) in [6, 6.07) is 3.66. The molecule has 0 atom stereocenters. The summed E-state index contributed by atoms with van der Waals surface area (Å²) >= 11 is 6.64. The predicted octanol–water partition coefficient (Wildman–Crippen LogP) is 3.88. The molecule has 0 aromatic carbocycles. The van der Waals surface area contributed by atoms with Gasteiger partial charge in [0, 0.05) is 11.3 Å². The van der Waals surface area contributed by atoms with Crippen LogP contribution in [-0.2, 0) is 0 Å². The molecule has 0 radical (unpaired) electrons. The molecule has 15 heavy (non-hydrogen) atoms. The molecule has 5 heteroatoms. The Bertz CT molecular complexity index is 485. The number of aromatic nitrogens is 2. The van der Waals surface area contributed by atoms with Gasteiger partial charge in [-0.25, -0.2) is 9.97 Å². The van der Waals surface area contributed by atoms with Gasteiger partial charge in [-0.3, -0.25) is 0 Å². The van der Waals surface area contributed by atoms with Crippen molar-refractivity contribution in [1.29, 1.82) is 0 Å². The number of halogens is 2. The lowest BCUT2D eigenvalue weighted by Crippen LogP contribution is -1.95. The molecular formula is C10H8Br2N2O. The quantitative estimate of drug-likeness (QED) is 0.744. The molecule has 0 amide bonds. The normalized spacial score (nSPS) is 10.7. The Morgan fingerprint density at radius 2 is 1.87 bits per heavy atom. The van der Waals surface area contributed by atoms with Gasteiger partial charge in [-0.15, -0.1) is 0 Å². The van der Waals surface area contributed by atoms with Gasteiger partial charge in [0.1, 0.15) is 4.60 Å². The minimum Gasteiger partial charge on any atom is -0.446 e. The zero-order chi connectivity index (χ0) is 11.0. The average Bonchev–Trinajstić information content (AvgIpc) is 2.60. The molecule has 78 valence electrons. The van der Waals surface area contributed by atoms with Gasteiger partial charge in [0.05, 0.1) is 0 Å². The van der Waals surface area contributed by atoms with Gasteiger partial charge in [-0.1, -0.05) is 0 Å². The lowest BCUT2D eigenvalue weighted by Gasteiger charge is -2.03. The van der Waals surface area contributed by atoms with Crippen molar-refractivity contribution < 1.29 is 4.42 Å². The van der Waals surface area contributed by atoms with Crippen LogP contribution in [0.25, 0.3) is 11.6 Å². The highest BCUT2D eigenvalue weighted by Crippen LogP contribution is 2.25. The Balaban J connectivity index is 2.55. The van der Waals surface area contributed by atoms with Crippen molar-refractivity contribution in [3.8, 4) is 11.6 Å². The molecule has 2 aromatic rings. The zero-order valence-corrected chi connectivity index (χ0v) is 11.4. The fourth-order valence-electron chi connectivity index (χ4n) is 1.14. The molecule has 2 rings (SSSR count). The van der Waals surface area contributed by atoms with Crippen LogP contribution in [0, 0.1) is 13.8 Å². The van der Waals surface area contributed by atoms with Crippen LogP contribution in [0.2, 0.25) is 0 Å². The maximum atomic E-state index is 5.39. The van der Waals surface area contributed by atoms with E-state index in [2.05, 4.69) is 41.8 Å². The fourth-order valence-corrected chi connectivity index (χ4v) is 1.90. The maximum Gasteiger partial charge on any atom is 0.197 e. The van der Waals surface area contributed by atoms with Crippen LogP contribution in [-0.4, -0.2) is 9.97 Å². The Hall–Kier alpha value is -0.680. The molecule has 0 saturated heterocycles. The summed E-state index contributed by atoms with van der Waals surface area (Å²) in [6.07, 6.45) is 0. The SMILES string of the molecule is Cc1nc(-c2ccc(Br)o2)nc(Br)c1C. The number of aryl methyl sites for hydroxylation is 1. The summed E-state index contributed by atoms with van der Waals surface area (Å²) in [4.78, 5) is 8.67. The van der Waals surface area contributed by atoms with Crippen LogP contribution >= 0.6 is 31.9 Å². The highest BCUT2D eigenvalue weighted by molar-refractivity contribution is 9.10. The topological polar surface area (TPSA) is 38.9 Å². The maximum absolute atomic E-state index is 5.39. The first-order valence-corrected chi connectivity index (χ1v) is 5.93. The zero-order valence-electron chi connectivity index (χ0n) is 8.21. The summed E-state index contributed by atoms with van der Waals surface area (Å²) in [6.45, 7) is 3.92. The van der Waals surface area contributed by atoms with E-state index in [0.29, 0.717) is 16.3 Å². The highest BCUT2D eigenvalue weighted by atomic mass is 79.9. The molecule has 2 aromatic heterocycles.